The Kier molecular flexibility index (Phi) is 28.5. The van der Waals surface area contributed by atoms with Crippen molar-refractivity contribution in [3.8, 4) is 0 Å². The molecule has 0 aliphatic heterocycles. The Labute approximate surface area is 261 Å². The van der Waals surface area contributed by atoms with Gasteiger partial charge < -0.3 is 25.2 Å². The van der Waals surface area contributed by atoms with Crippen LogP contribution < -0.4 is 5.73 Å². The first-order chi connectivity index (χ1) is 20.7. The number of hydrogen-bond acceptors (Lipinski definition) is 8. The van der Waals surface area contributed by atoms with Crippen LogP contribution in [0.1, 0.15) is 142 Å². The lowest BCUT2D eigenvalue weighted by molar-refractivity contribution is -0.154. The molecule has 0 spiro atoms. The van der Waals surface area contributed by atoms with Crippen molar-refractivity contribution >= 4 is 19.8 Å². The minimum Gasteiger partial charge on any atom is -0.480 e. The van der Waals surface area contributed by atoms with Crippen LogP contribution in [-0.2, 0) is 32.7 Å². The van der Waals surface area contributed by atoms with Gasteiger partial charge in [-0.05, 0) is 38.5 Å². The number of rotatable bonds is 32. The van der Waals surface area contributed by atoms with E-state index < -0.39 is 45.1 Å². The Morgan fingerprint density at radius 2 is 1.21 bits per heavy atom. The summed E-state index contributed by atoms with van der Waals surface area (Å²) in [5, 5.41) is 8.82. The van der Waals surface area contributed by atoms with Crippen molar-refractivity contribution in [2.45, 2.75) is 154 Å². The maximum Gasteiger partial charge on any atom is 0.472 e. The summed E-state index contributed by atoms with van der Waals surface area (Å²) in [5.74, 6) is -1.79. The van der Waals surface area contributed by atoms with Crippen LogP contribution in [0.3, 0.4) is 0 Å². The zero-order valence-corrected chi connectivity index (χ0v) is 28.0. The van der Waals surface area contributed by atoms with Gasteiger partial charge in [-0.1, -0.05) is 109 Å². The predicted molar refractivity (Wildman–Crippen MR) is 171 cm³/mol. The number of carboxylic acid groups (broad SMARTS) is 1. The van der Waals surface area contributed by atoms with Crippen LogP contribution in [0.5, 0.6) is 0 Å². The van der Waals surface area contributed by atoms with Gasteiger partial charge in [0.05, 0.1) is 19.8 Å². The van der Waals surface area contributed by atoms with Crippen molar-refractivity contribution in [3.05, 3.63) is 12.2 Å². The fraction of sp³-hybridized carbons (Fsp3) is 0.875. The number of nitrogens with two attached hydrogens (primary N) is 1. The molecule has 254 valence electrons. The normalized spacial score (nSPS) is 14.5. The number of carbonyl (C=O) groups excluding carboxylic acids is 1. The first kappa shape index (κ1) is 41.7. The number of phosphoric ester groups is 1. The van der Waals surface area contributed by atoms with E-state index in [0.29, 0.717) is 13.0 Å². The molecule has 0 aromatic heterocycles. The summed E-state index contributed by atoms with van der Waals surface area (Å²) >= 11 is 0. The van der Waals surface area contributed by atoms with Gasteiger partial charge in [-0.25, -0.2) is 4.57 Å². The predicted octanol–water partition coefficient (Wildman–Crippen LogP) is 7.86. The number of allylic oxidation sites excluding steroid dienone is 2. The van der Waals surface area contributed by atoms with Crippen LogP contribution in [0, 0.1) is 0 Å². The molecule has 0 bridgehead atoms. The Morgan fingerprint density at radius 1 is 0.721 bits per heavy atom. The van der Waals surface area contributed by atoms with Crippen molar-refractivity contribution in [1.82, 2.24) is 0 Å². The fourth-order valence-electron chi connectivity index (χ4n) is 4.36. The van der Waals surface area contributed by atoms with E-state index in [4.69, 9.17) is 24.8 Å². The van der Waals surface area contributed by atoms with Crippen molar-refractivity contribution in [2.75, 3.05) is 26.4 Å². The molecule has 3 unspecified atom stereocenters. The summed E-state index contributed by atoms with van der Waals surface area (Å²) in [6.07, 6.45) is 25.6. The van der Waals surface area contributed by atoms with Crippen LogP contribution in [0.4, 0.5) is 0 Å². The van der Waals surface area contributed by atoms with Gasteiger partial charge >= 0.3 is 19.8 Å². The highest BCUT2D eigenvalue weighted by molar-refractivity contribution is 7.47. The lowest BCUT2D eigenvalue weighted by Gasteiger charge is -2.20. The first-order valence-electron chi connectivity index (χ1n) is 16.7. The van der Waals surface area contributed by atoms with E-state index >= 15 is 0 Å². The zero-order chi connectivity index (χ0) is 32.0. The molecular formula is C32H62NO9P. The highest BCUT2D eigenvalue weighted by Gasteiger charge is 2.27. The Hall–Kier alpha value is -1.29. The fourth-order valence-corrected chi connectivity index (χ4v) is 5.14. The smallest absolute Gasteiger partial charge is 0.472 e. The lowest BCUT2D eigenvalue weighted by atomic mass is 10.1. The number of ether oxygens (including phenoxy) is 2. The van der Waals surface area contributed by atoms with Gasteiger partial charge in [-0.15, -0.1) is 0 Å². The van der Waals surface area contributed by atoms with Crippen LogP contribution in [0.2, 0.25) is 0 Å². The maximum atomic E-state index is 12.5. The topological polar surface area (TPSA) is 155 Å². The molecule has 0 saturated carbocycles. The van der Waals surface area contributed by atoms with Crippen molar-refractivity contribution in [2.24, 2.45) is 5.73 Å². The number of phosphoric acid groups is 1. The van der Waals surface area contributed by atoms with E-state index in [-0.39, 0.29) is 13.0 Å². The van der Waals surface area contributed by atoms with Crippen LogP contribution in [0.25, 0.3) is 0 Å². The second-order valence-electron chi connectivity index (χ2n) is 11.3. The molecule has 0 rings (SSSR count). The molecule has 43 heavy (non-hydrogen) atoms. The highest BCUT2D eigenvalue weighted by Crippen LogP contribution is 2.43. The van der Waals surface area contributed by atoms with Crippen LogP contribution >= 0.6 is 7.82 Å². The molecule has 0 aliphatic carbocycles. The van der Waals surface area contributed by atoms with E-state index in [9.17, 15) is 19.0 Å². The molecule has 0 aliphatic rings. The molecule has 0 aromatic rings. The molecule has 0 fully saturated rings. The molecule has 0 heterocycles. The number of aliphatic carboxylic acids is 1. The van der Waals surface area contributed by atoms with Crippen molar-refractivity contribution in [1.29, 1.82) is 0 Å². The average molecular weight is 636 g/mol. The van der Waals surface area contributed by atoms with Gasteiger partial charge in [0.15, 0.2) is 0 Å². The summed E-state index contributed by atoms with van der Waals surface area (Å²) < 4.78 is 33.0. The molecule has 11 heteroatoms. The number of hydrogen-bond donors (Lipinski definition) is 3. The van der Waals surface area contributed by atoms with Gasteiger partial charge in [0.1, 0.15) is 12.1 Å². The Balaban J connectivity index is 4.36. The maximum absolute atomic E-state index is 12.5. The third-order valence-electron chi connectivity index (χ3n) is 7.04. The van der Waals surface area contributed by atoms with E-state index in [0.717, 1.165) is 51.4 Å². The summed E-state index contributed by atoms with van der Waals surface area (Å²) in [6, 6.07) is -1.47. The summed E-state index contributed by atoms with van der Waals surface area (Å²) in [6.45, 7) is 3.80. The second-order valence-corrected chi connectivity index (χ2v) is 12.7. The molecule has 0 saturated heterocycles. The van der Waals surface area contributed by atoms with Crippen LogP contribution in [0.15, 0.2) is 12.2 Å². The van der Waals surface area contributed by atoms with E-state index in [1.165, 1.54) is 64.2 Å². The lowest BCUT2D eigenvalue weighted by Crippen LogP contribution is -2.34. The molecule has 10 nitrogen and oxygen atoms in total. The first-order valence-corrected chi connectivity index (χ1v) is 18.2. The number of carboxylic acids is 1. The molecular weight excluding hydrogens is 573 g/mol. The quantitative estimate of drug-likeness (QED) is 0.0288. The molecule has 0 aromatic carbocycles. The van der Waals surface area contributed by atoms with E-state index in [2.05, 4.69) is 30.5 Å². The summed E-state index contributed by atoms with van der Waals surface area (Å²) in [5.41, 5.74) is 5.31. The van der Waals surface area contributed by atoms with Crippen molar-refractivity contribution in [3.63, 3.8) is 0 Å². The Morgan fingerprint density at radius 3 is 1.79 bits per heavy atom. The summed E-state index contributed by atoms with van der Waals surface area (Å²) in [4.78, 5) is 33.2. The zero-order valence-electron chi connectivity index (χ0n) is 27.1. The standard InChI is InChI=1S/C32H62NO9P/c1-3-5-7-9-11-13-14-15-16-17-18-20-22-24-31(34)42-29(26-39-25-23-21-19-12-10-8-6-4-2)27-40-43(37,38)41-28-30(33)32(35)36/h13-14,29-30H,3-12,15-28,33H2,1-2H3,(H,35,36)(H,37,38)/b14-13-. The van der Waals surface area contributed by atoms with Crippen LogP contribution in [-0.4, -0.2) is 60.5 Å². The minimum absolute atomic E-state index is 0.0169. The summed E-state index contributed by atoms with van der Waals surface area (Å²) in [7, 11) is -4.60. The SMILES string of the molecule is CCCCCC/C=C\CCCCCCCC(=O)OC(COCCCCCCCCCC)COP(=O)(O)OCC(N)C(=O)O. The van der Waals surface area contributed by atoms with Gasteiger partial charge in [-0.2, -0.15) is 0 Å². The minimum atomic E-state index is -4.60. The monoisotopic (exact) mass is 635 g/mol. The third-order valence-corrected chi connectivity index (χ3v) is 8.00. The van der Waals surface area contributed by atoms with E-state index in [1.54, 1.807) is 0 Å². The Bertz CT molecular complexity index is 750. The average Bonchev–Trinajstić information content (AvgIpc) is 2.97. The molecule has 0 radical (unpaired) electrons. The van der Waals surface area contributed by atoms with Crippen molar-refractivity contribution < 1.29 is 42.7 Å². The van der Waals surface area contributed by atoms with Gasteiger partial charge in [0.2, 0.25) is 0 Å². The second kappa shape index (κ2) is 29.4. The van der Waals surface area contributed by atoms with Gasteiger partial charge in [-0.3, -0.25) is 18.6 Å². The molecule has 4 N–H and O–H groups in total. The van der Waals surface area contributed by atoms with Gasteiger partial charge in [0.25, 0.3) is 0 Å². The number of carbonyl (C=O) groups is 2. The largest absolute Gasteiger partial charge is 0.480 e. The molecule has 0 amide bonds. The van der Waals surface area contributed by atoms with Gasteiger partial charge in [0, 0.05) is 13.0 Å². The highest BCUT2D eigenvalue weighted by atomic mass is 31.2. The molecule has 3 atom stereocenters. The number of esters is 1. The number of unbranched alkanes of at least 4 members (excludes halogenated alkanes) is 16. The third kappa shape index (κ3) is 29.2. The van der Waals surface area contributed by atoms with E-state index in [1.807, 2.05) is 0 Å².